The molecule has 0 aliphatic carbocycles. The molecule has 18 heavy (non-hydrogen) atoms. The molecule has 0 radical (unpaired) electrons. The van der Waals surface area contributed by atoms with Crippen molar-refractivity contribution in [2.24, 2.45) is 0 Å². The molecule has 0 amide bonds. The topological polar surface area (TPSA) is 35.8 Å². The van der Waals surface area contributed by atoms with Crippen LogP contribution in [0.5, 0.6) is 0 Å². The highest BCUT2D eigenvalue weighted by atomic mass is 32.2. The minimum atomic E-state index is 0.744. The Balaban J connectivity index is 2.03. The van der Waals surface area contributed by atoms with Crippen LogP contribution in [-0.4, -0.2) is 5.75 Å². The average Bonchev–Trinajstić information content (AvgIpc) is 2.86. The van der Waals surface area contributed by atoms with Crippen LogP contribution in [0.15, 0.2) is 40.6 Å². The van der Waals surface area contributed by atoms with Crippen LogP contribution in [0.3, 0.4) is 0 Å². The van der Waals surface area contributed by atoms with Gasteiger partial charge in [-0.25, -0.2) is 0 Å². The van der Waals surface area contributed by atoms with Gasteiger partial charge in [-0.1, -0.05) is 19.1 Å². The van der Waals surface area contributed by atoms with Crippen LogP contribution in [-0.2, 0) is 6.54 Å². The Labute approximate surface area is 116 Å². The van der Waals surface area contributed by atoms with Gasteiger partial charge in [0.25, 0.3) is 0 Å². The van der Waals surface area contributed by atoms with E-state index in [2.05, 4.69) is 36.5 Å². The first kappa shape index (κ1) is 13.0. The molecule has 4 heteroatoms. The third-order valence-corrected chi connectivity index (χ3v) is 4.32. The number of hydrogen-bond acceptors (Lipinski definition) is 4. The van der Waals surface area contributed by atoms with Crippen molar-refractivity contribution < 1.29 is 0 Å². The van der Waals surface area contributed by atoms with Crippen LogP contribution in [0.2, 0.25) is 0 Å². The SMILES string of the molecule is CCSc1ccccc1NCc1cc(C#N)cs1. The van der Waals surface area contributed by atoms with Gasteiger partial charge in [0.15, 0.2) is 0 Å². The fraction of sp³-hybridized carbons (Fsp3) is 0.214. The van der Waals surface area contributed by atoms with E-state index in [1.807, 2.05) is 29.3 Å². The second-order valence-electron chi connectivity index (χ2n) is 3.70. The number of nitrogens with one attached hydrogen (secondary N) is 1. The zero-order valence-electron chi connectivity index (χ0n) is 10.1. The molecule has 2 aromatic rings. The minimum Gasteiger partial charge on any atom is -0.379 e. The van der Waals surface area contributed by atoms with Gasteiger partial charge in [-0.05, 0) is 24.0 Å². The van der Waals surface area contributed by atoms with Gasteiger partial charge in [-0.2, -0.15) is 5.26 Å². The lowest BCUT2D eigenvalue weighted by Crippen LogP contribution is -1.98. The summed E-state index contributed by atoms with van der Waals surface area (Å²) >= 11 is 3.46. The average molecular weight is 274 g/mol. The molecular formula is C14H14N2S2. The van der Waals surface area contributed by atoms with Gasteiger partial charge in [0.2, 0.25) is 0 Å². The number of thiophene rings is 1. The lowest BCUT2D eigenvalue weighted by atomic mass is 10.3. The van der Waals surface area contributed by atoms with Crippen LogP contribution >= 0.6 is 23.1 Å². The molecular weight excluding hydrogens is 260 g/mol. The van der Waals surface area contributed by atoms with Crippen molar-refractivity contribution in [3.05, 3.63) is 46.2 Å². The second-order valence-corrected chi connectivity index (χ2v) is 6.00. The van der Waals surface area contributed by atoms with Crippen molar-refractivity contribution in [2.75, 3.05) is 11.1 Å². The summed E-state index contributed by atoms with van der Waals surface area (Å²) in [6.07, 6.45) is 0. The summed E-state index contributed by atoms with van der Waals surface area (Å²) in [6, 6.07) is 12.4. The number of rotatable bonds is 5. The lowest BCUT2D eigenvalue weighted by Gasteiger charge is -2.09. The van der Waals surface area contributed by atoms with Crippen molar-refractivity contribution in [1.82, 2.24) is 0 Å². The summed E-state index contributed by atoms with van der Waals surface area (Å²) in [5.41, 5.74) is 1.91. The summed E-state index contributed by atoms with van der Waals surface area (Å²) < 4.78 is 0. The van der Waals surface area contributed by atoms with Gasteiger partial charge in [-0.3, -0.25) is 0 Å². The number of nitrogens with zero attached hydrogens (tertiary/aromatic N) is 1. The van der Waals surface area contributed by atoms with Gasteiger partial charge >= 0.3 is 0 Å². The summed E-state index contributed by atoms with van der Waals surface area (Å²) in [7, 11) is 0. The second kappa shape index (κ2) is 6.48. The van der Waals surface area contributed by atoms with E-state index in [0.29, 0.717) is 0 Å². The molecule has 0 atom stereocenters. The Morgan fingerprint density at radius 2 is 2.22 bits per heavy atom. The summed E-state index contributed by atoms with van der Waals surface area (Å²) in [6.45, 7) is 2.92. The molecule has 0 aliphatic heterocycles. The Bertz CT molecular complexity index is 555. The maximum absolute atomic E-state index is 8.78. The molecule has 0 bridgehead atoms. The lowest BCUT2D eigenvalue weighted by molar-refractivity contribution is 1.17. The maximum Gasteiger partial charge on any atom is 0.100 e. The maximum atomic E-state index is 8.78. The predicted octanol–water partition coefficient (Wildman–Crippen LogP) is 4.34. The molecule has 0 saturated heterocycles. The van der Waals surface area contributed by atoms with Crippen molar-refractivity contribution in [3.63, 3.8) is 0 Å². The summed E-state index contributed by atoms with van der Waals surface area (Å²) in [4.78, 5) is 2.46. The number of thioether (sulfide) groups is 1. The van der Waals surface area contributed by atoms with E-state index in [1.54, 1.807) is 11.3 Å². The smallest absolute Gasteiger partial charge is 0.100 e. The normalized spacial score (nSPS) is 10.0. The van der Waals surface area contributed by atoms with Crippen LogP contribution in [0, 0.1) is 11.3 Å². The monoisotopic (exact) mass is 274 g/mol. The molecule has 0 aliphatic rings. The third kappa shape index (κ3) is 3.28. The first-order valence-electron chi connectivity index (χ1n) is 5.76. The van der Waals surface area contributed by atoms with E-state index in [1.165, 1.54) is 9.77 Å². The molecule has 0 spiro atoms. The Kier molecular flexibility index (Phi) is 4.68. The molecule has 0 unspecified atom stereocenters. The number of nitriles is 1. The predicted molar refractivity (Wildman–Crippen MR) is 79.2 cm³/mol. The standard InChI is InChI=1S/C14H14N2S2/c1-2-17-14-6-4-3-5-13(14)16-9-12-7-11(8-15)10-18-12/h3-7,10,16H,2,9H2,1H3. The fourth-order valence-corrected chi connectivity index (χ4v) is 3.14. The van der Waals surface area contributed by atoms with Crippen molar-refractivity contribution in [2.45, 2.75) is 18.4 Å². The highest BCUT2D eigenvalue weighted by Crippen LogP contribution is 2.27. The van der Waals surface area contributed by atoms with Gasteiger partial charge in [0.05, 0.1) is 5.56 Å². The Morgan fingerprint density at radius 1 is 1.39 bits per heavy atom. The molecule has 2 rings (SSSR count). The highest BCUT2D eigenvalue weighted by molar-refractivity contribution is 7.99. The molecule has 1 aromatic carbocycles. The van der Waals surface area contributed by atoms with E-state index in [4.69, 9.17) is 5.26 Å². The largest absolute Gasteiger partial charge is 0.379 e. The minimum absolute atomic E-state index is 0.744. The van der Waals surface area contributed by atoms with E-state index in [-0.39, 0.29) is 0 Å². The zero-order chi connectivity index (χ0) is 12.8. The fourth-order valence-electron chi connectivity index (χ4n) is 1.61. The third-order valence-electron chi connectivity index (χ3n) is 2.42. The number of benzene rings is 1. The summed E-state index contributed by atoms with van der Waals surface area (Å²) in [5.74, 6) is 1.07. The van der Waals surface area contributed by atoms with Gasteiger partial charge < -0.3 is 5.32 Å². The highest BCUT2D eigenvalue weighted by Gasteiger charge is 2.03. The number of para-hydroxylation sites is 1. The number of hydrogen-bond donors (Lipinski definition) is 1. The van der Waals surface area contributed by atoms with E-state index < -0.39 is 0 Å². The quantitative estimate of drug-likeness (QED) is 0.824. The number of anilines is 1. The van der Waals surface area contributed by atoms with Gasteiger partial charge in [0.1, 0.15) is 6.07 Å². The van der Waals surface area contributed by atoms with Crippen LogP contribution in [0.1, 0.15) is 17.4 Å². The first-order chi connectivity index (χ1) is 8.83. The molecule has 2 nitrogen and oxygen atoms in total. The van der Waals surface area contributed by atoms with Crippen molar-refractivity contribution in [1.29, 1.82) is 5.26 Å². The Morgan fingerprint density at radius 3 is 2.94 bits per heavy atom. The van der Waals surface area contributed by atoms with Crippen molar-refractivity contribution in [3.8, 4) is 6.07 Å². The zero-order valence-corrected chi connectivity index (χ0v) is 11.8. The van der Waals surface area contributed by atoms with E-state index in [0.717, 1.165) is 23.5 Å². The van der Waals surface area contributed by atoms with Crippen LogP contribution < -0.4 is 5.32 Å². The van der Waals surface area contributed by atoms with Gasteiger partial charge in [-0.15, -0.1) is 23.1 Å². The van der Waals surface area contributed by atoms with Crippen LogP contribution in [0.25, 0.3) is 0 Å². The molecule has 1 aromatic heterocycles. The molecule has 0 saturated carbocycles. The molecule has 1 N–H and O–H groups in total. The van der Waals surface area contributed by atoms with Gasteiger partial charge in [0, 0.05) is 27.4 Å². The Hall–Kier alpha value is -1.44. The van der Waals surface area contributed by atoms with Crippen LogP contribution in [0.4, 0.5) is 5.69 Å². The molecule has 92 valence electrons. The van der Waals surface area contributed by atoms with Crippen molar-refractivity contribution >= 4 is 28.8 Å². The van der Waals surface area contributed by atoms with E-state index in [9.17, 15) is 0 Å². The molecule has 0 fully saturated rings. The molecule has 1 heterocycles. The first-order valence-corrected chi connectivity index (χ1v) is 7.63. The summed E-state index contributed by atoms with van der Waals surface area (Å²) in [5, 5.41) is 14.1. The van der Waals surface area contributed by atoms with E-state index >= 15 is 0 Å².